The Balaban J connectivity index is 1.75. The zero-order valence-electron chi connectivity index (χ0n) is 13.5. The number of piperidine rings is 2. The molecule has 2 heterocycles. The third kappa shape index (κ3) is 6.11. The number of unbranched alkanes of at least 4 members (excludes halogenated alkanes) is 1. The second kappa shape index (κ2) is 9.75. The van der Waals surface area contributed by atoms with E-state index in [0.29, 0.717) is 6.10 Å². The van der Waals surface area contributed by atoms with E-state index in [2.05, 4.69) is 16.7 Å². The van der Waals surface area contributed by atoms with Gasteiger partial charge in [-0.05, 0) is 58.3 Å². The van der Waals surface area contributed by atoms with Crippen molar-refractivity contribution in [2.75, 3.05) is 45.9 Å². The maximum absolute atomic E-state index is 6.20. The van der Waals surface area contributed by atoms with Crippen LogP contribution in [0.15, 0.2) is 0 Å². The minimum absolute atomic E-state index is 0.428. The molecule has 0 radical (unpaired) electrons. The molecule has 20 heavy (non-hydrogen) atoms. The zero-order chi connectivity index (χ0) is 14.0. The van der Waals surface area contributed by atoms with Crippen LogP contribution in [0.1, 0.15) is 58.3 Å². The van der Waals surface area contributed by atoms with E-state index < -0.39 is 0 Å². The van der Waals surface area contributed by atoms with E-state index in [4.69, 9.17) is 4.74 Å². The van der Waals surface area contributed by atoms with Gasteiger partial charge in [0, 0.05) is 19.7 Å². The number of ether oxygens (including phenoxy) is 1. The molecule has 2 aliphatic rings. The number of hydrogen-bond acceptors (Lipinski definition) is 3. The van der Waals surface area contributed by atoms with Gasteiger partial charge in [-0.2, -0.15) is 0 Å². The van der Waals surface area contributed by atoms with Gasteiger partial charge in [-0.3, -0.25) is 0 Å². The fraction of sp³-hybridized carbons (Fsp3) is 1.00. The molecule has 0 saturated carbocycles. The molecule has 0 spiro atoms. The highest BCUT2D eigenvalue weighted by Gasteiger charge is 2.20. The lowest BCUT2D eigenvalue weighted by Crippen LogP contribution is -2.44. The first kappa shape index (κ1) is 16.3. The molecule has 2 rings (SSSR count). The van der Waals surface area contributed by atoms with Gasteiger partial charge in [0.1, 0.15) is 0 Å². The molecule has 0 amide bonds. The molecule has 0 atom stereocenters. The highest BCUT2D eigenvalue weighted by atomic mass is 16.5. The van der Waals surface area contributed by atoms with Crippen LogP contribution >= 0.6 is 0 Å². The molecule has 0 N–H and O–H groups in total. The van der Waals surface area contributed by atoms with Crippen LogP contribution in [0.3, 0.4) is 0 Å². The smallest absolute Gasteiger partial charge is 0.0828 e. The minimum Gasteiger partial charge on any atom is -0.376 e. The van der Waals surface area contributed by atoms with Crippen molar-refractivity contribution in [2.45, 2.75) is 64.4 Å². The molecule has 0 bridgehead atoms. The molecule has 0 aliphatic carbocycles. The summed E-state index contributed by atoms with van der Waals surface area (Å²) in [6, 6.07) is 0. The normalized spacial score (nSPS) is 22.5. The Kier molecular flexibility index (Phi) is 7.92. The predicted molar refractivity (Wildman–Crippen MR) is 85.2 cm³/mol. The lowest BCUT2D eigenvalue weighted by atomic mass is 10.1. The van der Waals surface area contributed by atoms with Crippen LogP contribution in [0.4, 0.5) is 0 Å². The average Bonchev–Trinajstić information content (AvgIpc) is 2.49. The molecular formula is C17H34N2O. The van der Waals surface area contributed by atoms with Crippen LogP contribution in [0.25, 0.3) is 0 Å². The van der Waals surface area contributed by atoms with Gasteiger partial charge < -0.3 is 14.5 Å². The Labute approximate surface area is 125 Å². The van der Waals surface area contributed by atoms with E-state index in [9.17, 15) is 0 Å². The van der Waals surface area contributed by atoms with Gasteiger partial charge in [0.05, 0.1) is 6.10 Å². The maximum atomic E-state index is 6.20. The largest absolute Gasteiger partial charge is 0.376 e. The van der Waals surface area contributed by atoms with Crippen molar-refractivity contribution in [1.82, 2.24) is 9.80 Å². The summed E-state index contributed by atoms with van der Waals surface area (Å²) in [5, 5.41) is 0. The monoisotopic (exact) mass is 282 g/mol. The Morgan fingerprint density at radius 3 is 1.75 bits per heavy atom. The van der Waals surface area contributed by atoms with E-state index in [1.807, 2.05) is 0 Å². The first-order valence-electron chi connectivity index (χ1n) is 8.95. The van der Waals surface area contributed by atoms with Crippen LogP contribution < -0.4 is 0 Å². The Hall–Kier alpha value is -0.120. The summed E-state index contributed by atoms with van der Waals surface area (Å²) in [4.78, 5) is 5.26. The summed E-state index contributed by atoms with van der Waals surface area (Å²) in [6.45, 7) is 10.6. The average molecular weight is 282 g/mol. The zero-order valence-corrected chi connectivity index (χ0v) is 13.5. The van der Waals surface area contributed by atoms with Gasteiger partial charge in [0.25, 0.3) is 0 Å². The van der Waals surface area contributed by atoms with Crippen molar-refractivity contribution < 1.29 is 4.74 Å². The standard InChI is InChI=1S/C17H34N2O/c1-2-3-14-20-17(15-18-10-6-4-7-11-18)16-19-12-8-5-9-13-19/h17H,2-16H2,1H3. The van der Waals surface area contributed by atoms with E-state index in [-0.39, 0.29) is 0 Å². The van der Waals surface area contributed by atoms with Crippen molar-refractivity contribution in [1.29, 1.82) is 0 Å². The van der Waals surface area contributed by atoms with Gasteiger partial charge in [-0.1, -0.05) is 26.2 Å². The second-order valence-electron chi connectivity index (χ2n) is 6.57. The van der Waals surface area contributed by atoms with E-state index >= 15 is 0 Å². The third-order valence-electron chi connectivity index (χ3n) is 4.67. The van der Waals surface area contributed by atoms with E-state index in [0.717, 1.165) is 19.7 Å². The second-order valence-corrected chi connectivity index (χ2v) is 6.57. The topological polar surface area (TPSA) is 15.7 Å². The molecule has 2 aliphatic heterocycles. The first-order chi connectivity index (χ1) is 9.88. The lowest BCUT2D eigenvalue weighted by molar-refractivity contribution is -0.00379. The summed E-state index contributed by atoms with van der Waals surface area (Å²) in [5.74, 6) is 0. The molecule has 2 saturated heterocycles. The quantitative estimate of drug-likeness (QED) is 0.636. The molecule has 3 heteroatoms. The molecule has 2 fully saturated rings. The fourth-order valence-corrected chi connectivity index (χ4v) is 3.42. The Bertz CT molecular complexity index is 215. The van der Waals surface area contributed by atoms with Crippen molar-refractivity contribution in [3.63, 3.8) is 0 Å². The fourth-order valence-electron chi connectivity index (χ4n) is 3.42. The SMILES string of the molecule is CCCCOC(CN1CCCCC1)CN1CCCCC1. The van der Waals surface area contributed by atoms with Gasteiger partial charge in [0.2, 0.25) is 0 Å². The molecule has 3 nitrogen and oxygen atoms in total. The van der Waals surface area contributed by atoms with Crippen LogP contribution in [-0.4, -0.2) is 61.8 Å². The van der Waals surface area contributed by atoms with Crippen molar-refractivity contribution >= 4 is 0 Å². The van der Waals surface area contributed by atoms with Crippen LogP contribution in [-0.2, 0) is 4.74 Å². The van der Waals surface area contributed by atoms with Crippen molar-refractivity contribution in [2.24, 2.45) is 0 Å². The molecule has 118 valence electrons. The number of nitrogens with zero attached hydrogens (tertiary/aromatic N) is 2. The summed E-state index contributed by atoms with van der Waals surface area (Å²) < 4.78 is 6.20. The van der Waals surface area contributed by atoms with Gasteiger partial charge >= 0.3 is 0 Å². The highest BCUT2D eigenvalue weighted by molar-refractivity contribution is 4.75. The van der Waals surface area contributed by atoms with Gasteiger partial charge in [0.15, 0.2) is 0 Å². The van der Waals surface area contributed by atoms with Crippen LogP contribution in [0.5, 0.6) is 0 Å². The predicted octanol–water partition coefficient (Wildman–Crippen LogP) is 3.14. The third-order valence-corrected chi connectivity index (χ3v) is 4.67. The molecule has 0 aromatic carbocycles. The van der Waals surface area contributed by atoms with Crippen LogP contribution in [0.2, 0.25) is 0 Å². The molecule has 0 aromatic heterocycles. The van der Waals surface area contributed by atoms with Crippen molar-refractivity contribution in [3.8, 4) is 0 Å². The van der Waals surface area contributed by atoms with Crippen molar-refractivity contribution in [3.05, 3.63) is 0 Å². The van der Waals surface area contributed by atoms with E-state index in [1.54, 1.807) is 0 Å². The lowest BCUT2D eigenvalue weighted by Gasteiger charge is -2.34. The number of hydrogen-bond donors (Lipinski definition) is 0. The van der Waals surface area contributed by atoms with Gasteiger partial charge in [-0.15, -0.1) is 0 Å². The summed E-state index contributed by atoms with van der Waals surface area (Å²) in [6.07, 6.45) is 11.2. The summed E-state index contributed by atoms with van der Waals surface area (Å²) in [7, 11) is 0. The van der Waals surface area contributed by atoms with Gasteiger partial charge in [-0.25, -0.2) is 0 Å². The summed E-state index contributed by atoms with van der Waals surface area (Å²) >= 11 is 0. The Morgan fingerprint density at radius 1 is 0.800 bits per heavy atom. The van der Waals surface area contributed by atoms with Crippen LogP contribution in [0, 0.1) is 0 Å². The highest BCUT2D eigenvalue weighted by Crippen LogP contribution is 2.13. The molecular weight excluding hydrogens is 248 g/mol. The first-order valence-corrected chi connectivity index (χ1v) is 8.95. The molecule has 0 aromatic rings. The Morgan fingerprint density at radius 2 is 1.30 bits per heavy atom. The minimum atomic E-state index is 0.428. The van der Waals surface area contributed by atoms with E-state index in [1.165, 1.54) is 77.5 Å². The maximum Gasteiger partial charge on any atom is 0.0828 e. The number of rotatable bonds is 8. The number of likely N-dealkylation sites (tertiary alicyclic amines) is 2. The summed E-state index contributed by atoms with van der Waals surface area (Å²) in [5.41, 5.74) is 0. The molecule has 0 unspecified atom stereocenters.